The molecular weight excluding hydrogens is 439 g/mol. The maximum atomic E-state index is 13.0. The first-order valence-corrected chi connectivity index (χ1v) is 10.4. The fourth-order valence-corrected chi connectivity index (χ4v) is 4.25. The standard InChI is InChI=1S/C23H20Cl2N2O4/c1-23(19-9-7-16(24)11-20(19)25)21(29)27(22(30)26-23)12-17(28)13-31-18-8-6-14-4-2-3-5-15(14)10-18/h2-11,17,28H,12-13H2,1H3,(H,26,30). The molecule has 6 nitrogen and oxygen atoms in total. The van der Waals surface area contributed by atoms with Crippen LogP contribution in [0.25, 0.3) is 10.8 Å². The van der Waals surface area contributed by atoms with E-state index in [1.165, 1.54) is 6.07 Å². The number of hydrogen-bond acceptors (Lipinski definition) is 4. The van der Waals surface area contributed by atoms with Crippen molar-refractivity contribution in [3.05, 3.63) is 76.3 Å². The Balaban J connectivity index is 1.43. The number of ether oxygens (including phenoxy) is 1. The molecule has 1 heterocycles. The molecule has 1 fully saturated rings. The Morgan fingerprint density at radius 3 is 2.55 bits per heavy atom. The highest BCUT2D eigenvalue weighted by atomic mass is 35.5. The minimum absolute atomic E-state index is 0.0756. The number of fused-ring (bicyclic) bond motifs is 1. The average Bonchev–Trinajstić information content (AvgIpc) is 2.95. The van der Waals surface area contributed by atoms with Crippen molar-refractivity contribution >= 4 is 45.9 Å². The van der Waals surface area contributed by atoms with Crippen LogP contribution in [0, 0.1) is 0 Å². The van der Waals surface area contributed by atoms with Gasteiger partial charge in [-0.15, -0.1) is 0 Å². The van der Waals surface area contributed by atoms with Crippen LogP contribution in [-0.4, -0.2) is 41.2 Å². The Labute approximate surface area is 189 Å². The largest absolute Gasteiger partial charge is 0.491 e. The summed E-state index contributed by atoms with van der Waals surface area (Å²) >= 11 is 12.2. The zero-order chi connectivity index (χ0) is 22.2. The van der Waals surface area contributed by atoms with Crippen molar-refractivity contribution in [1.29, 1.82) is 0 Å². The first kappa shape index (κ1) is 21.4. The third kappa shape index (κ3) is 4.19. The van der Waals surface area contributed by atoms with Gasteiger partial charge in [-0.1, -0.05) is 59.6 Å². The lowest BCUT2D eigenvalue weighted by Crippen LogP contribution is -2.43. The number of aliphatic hydroxyl groups is 1. The van der Waals surface area contributed by atoms with E-state index in [0.29, 0.717) is 16.3 Å². The second-order valence-electron chi connectivity index (χ2n) is 7.57. The summed E-state index contributed by atoms with van der Waals surface area (Å²) in [5, 5.41) is 15.9. The van der Waals surface area contributed by atoms with Crippen molar-refractivity contribution in [1.82, 2.24) is 10.2 Å². The van der Waals surface area contributed by atoms with Gasteiger partial charge in [0.15, 0.2) is 0 Å². The van der Waals surface area contributed by atoms with Crippen molar-refractivity contribution in [3.8, 4) is 5.75 Å². The van der Waals surface area contributed by atoms with Crippen molar-refractivity contribution in [2.24, 2.45) is 0 Å². The minimum atomic E-state index is -1.35. The third-order valence-corrected chi connectivity index (χ3v) is 5.85. The Bertz CT molecular complexity index is 1170. The molecule has 0 saturated carbocycles. The molecule has 3 amide bonds. The maximum Gasteiger partial charge on any atom is 0.325 e. The molecule has 2 atom stereocenters. The average molecular weight is 459 g/mol. The van der Waals surface area contributed by atoms with Crippen LogP contribution in [0.1, 0.15) is 12.5 Å². The number of carbonyl (C=O) groups excluding carboxylic acids is 2. The number of imide groups is 1. The number of nitrogens with zero attached hydrogens (tertiary/aromatic N) is 1. The van der Waals surface area contributed by atoms with Crippen LogP contribution in [0.15, 0.2) is 60.7 Å². The zero-order valence-electron chi connectivity index (χ0n) is 16.6. The van der Waals surface area contributed by atoms with E-state index in [1.54, 1.807) is 19.1 Å². The lowest BCUT2D eigenvalue weighted by Gasteiger charge is -2.24. The Morgan fingerprint density at radius 2 is 1.81 bits per heavy atom. The normalized spacial score (nSPS) is 19.5. The summed E-state index contributed by atoms with van der Waals surface area (Å²) in [5.74, 6) is 0.0826. The Kier molecular flexibility index (Phi) is 5.79. The van der Waals surface area contributed by atoms with Crippen LogP contribution in [0.2, 0.25) is 10.0 Å². The van der Waals surface area contributed by atoms with Gasteiger partial charge in [-0.2, -0.15) is 0 Å². The SMILES string of the molecule is CC1(c2ccc(Cl)cc2Cl)NC(=O)N(CC(O)COc2ccc3ccccc3c2)C1=O. The summed E-state index contributed by atoms with van der Waals surface area (Å²) in [6.07, 6.45) is -1.07. The van der Waals surface area contributed by atoms with Crippen molar-refractivity contribution in [2.75, 3.05) is 13.2 Å². The monoisotopic (exact) mass is 458 g/mol. The van der Waals surface area contributed by atoms with Gasteiger partial charge in [0.1, 0.15) is 24.0 Å². The summed E-state index contributed by atoms with van der Waals surface area (Å²) in [4.78, 5) is 26.5. The van der Waals surface area contributed by atoms with Crippen molar-refractivity contribution in [3.63, 3.8) is 0 Å². The topological polar surface area (TPSA) is 78.9 Å². The Hall–Kier alpha value is -2.80. The van der Waals surface area contributed by atoms with Crippen LogP contribution in [0.5, 0.6) is 5.75 Å². The van der Waals surface area contributed by atoms with Crippen LogP contribution < -0.4 is 10.1 Å². The fourth-order valence-electron chi connectivity index (χ4n) is 3.65. The molecule has 1 aliphatic rings. The van der Waals surface area contributed by atoms with Gasteiger partial charge >= 0.3 is 6.03 Å². The highest BCUT2D eigenvalue weighted by molar-refractivity contribution is 6.35. The van der Waals surface area contributed by atoms with E-state index in [-0.39, 0.29) is 18.2 Å². The van der Waals surface area contributed by atoms with Crippen LogP contribution in [0.4, 0.5) is 4.79 Å². The first-order valence-electron chi connectivity index (χ1n) is 9.67. The van der Waals surface area contributed by atoms with E-state index >= 15 is 0 Å². The third-order valence-electron chi connectivity index (χ3n) is 5.30. The van der Waals surface area contributed by atoms with Gasteiger partial charge in [-0.3, -0.25) is 9.69 Å². The number of β-amino-alcohol motifs (C(OH)–C–C–N with tert-alkyl or cyclic N) is 1. The number of nitrogens with one attached hydrogen (secondary N) is 1. The van der Waals surface area contributed by atoms with E-state index < -0.39 is 23.6 Å². The highest BCUT2D eigenvalue weighted by Crippen LogP contribution is 2.35. The van der Waals surface area contributed by atoms with E-state index in [1.807, 2.05) is 42.5 Å². The maximum absolute atomic E-state index is 13.0. The lowest BCUT2D eigenvalue weighted by atomic mass is 9.92. The smallest absolute Gasteiger partial charge is 0.325 e. The van der Waals surface area contributed by atoms with Crippen LogP contribution >= 0.6 is 23.2 Å². The van der Waals surface area contributed by atoms with E-state index in [0.717, 1.165) is 15.7 Å². The molecule has 1 aliphatic heterocycles. The molecule has 0 bridgehead atoms. The molecule has 160 valence electrons. The van der Waals surface area contributed by atoms with Gasteiger partial charge in [0.2, 0.25) is 0 Å². The molecule has 0 aromatic heterocycles. The summed E-state index contributed by atoms with van der Waals surface area (Å²) in [7, 11) is 0. The number of urea groups is 1. The number of hydrogen-bond donors (Lipinski definition) is 2. The molecule has 3 aromatic carbocycles. The number of benzene rings is 3. The number of amides is 3. The molecule has 2 unspecified atom stereocenters. The van der Waals surface area contributed by atoms with Gasteiger partial charge in [0, 0.05) is 15.6 Å². The second kappa shape index (κ2) is 8.38. The Morgan fingerprint density at radius 1 is 1.06 bits per heavy atom. The predicted molar refractivity (Wildman–Crippen MR) is 120 cm³/mol. The minimum Gasteiger partial charge on any atom is -0.491 e. The van der Waals surface area contributed by atoms with E-state index in [2.05, 4.69) is 5.32 Å². The molecule has 8 heteroatoms. The molecule has 0 aliphatic carbocycles. The number of carbonyl (C=O) groups is 2. The molecule has 2 N–H and O–H groups in total. The van der Waals surface area contributed by atoms with Crippen molar-refractivity contribution in [2.45, 2.75) is 18.6 Å². The van der Waals surface area contributed by atoms with Crippen molar-refractivity contribution < 1.29 is 19.4 Å². The number of halogens is 2. The molecule has 4 rings (SSSR count). The van der Waals surface area contributed by atoms with Crippen LogP contribution in [0.3, 0.4) is 0 Å². The summed E-state index contributed by atoms with van der Waals surface area (Å²) < 4.78 is 5.67. The van der Waals surface area contributed by atoms with E-state index in [9.17, 15) is 14.7 Å². The summed E-state index contributed by atoms with van der Waals surface area (Å²) in [6.45, 7) is 1.28. The molecule has 31 heavy (non-hydrogen) atoms. The number of rotatable bonds is 6. The zero-order valence-corrected chi connectivity index (χ0v) is 18.2. The molecule has 0 spiro atoms. The molecule has 0 radical (unpaired) electrons. The summed E-state index contributed by atoms with van der Waals surface area (Å²) in [6, 6.07) is 17.6. The quantitative estimate of drug-likeness (QED) is 0.538. The number of aliphatic hydroxyl groups excluding tert-OH is 1. The highest BCUT2D eigenvalue weighted by Gasteiger charge is 2.50. The van der Waals surface area contributed by atoms with Gasteiger partial charge < -0.3 is 15.2 Å². The van der Waals surface area contributed by atoms with Gasteiger partial charge in [0.25, 0.3) is 5.91 Å². The summed E-state index contributed by atoms with van der Waals surface area (Å²) in [5.41, 5.74) is -0.918. The van der Waals surface area contributed by atoms with Crippen LogP contribution in [-0.2, 0) is 10.3 Å². The fraction of sp³-hybridized carbons (Fsp3) is 0.217. The van der Waals surface area contributed by atoms with Gasteiger partial charge in [0.05, 0.1) is 6.54 Å². The predicted octanol–water partition coefficient (Wildman–Crippen LogP) is 4.35. The molecule has 1 saturated heterocycles. The second-order valence-corrected chi connectivity index (χ2v) is 8.41. The molecular formula is C23H20Cl2N2O4. The molecule has 3 aromatic rings. The van der Waals surface area contributed by atoms with E-state index in [4.69, 9.17) is 27.9 Å². The van der Waals surface area contributed by atoms with Gasteiger partial charge in [-0.25, -0.2) is 4.79 Å². The first-order chi connectivity index (χ1) is 14.8. The lowest BCUT2D eigenvalue weighted by molar-refractivity contribution is -0.132. The van der Waals surface area contributed by atoms with Gasteiger partial charge in [-0.05, 0) is 42.0 Å².